The van der Waals surface area contributed by atoms with Gasteiger partial charge in [0.05, 0.1) is 20.1 Å². The SMILES string of the molecule is O=C1O[C@@H]([C@H]2OC(=O)C(=O)[C@H]2C(=O)c2ccc(Cl)c(Cl)c2)[C@@H](C(=O)c2ccc(Cl)c(Cl)c2)C1=O. The zero-order chi connectivity index (χ0) is 24.9. The van der Waals surface area contributed by atoms with E-state index >= 15 is 0 Å². The van der Waals surface area contributed by atoms with E-state index in [0.717, 1.165) is 0 Å². The lowest BCUT2D eigenvalue weighted by molar-refractivity contribution is -0.157. The number of ether oxygens (including phenoxy) is 2. The minimum atomic E-state index is -1.79. The average molecular weight is 544 g/mol. The van der Waals surface area contributed by atoms with Crippen LogP contribution in [0.2, 0.25) is 20.1 Å². The predicted octanol–water partition coefficient (Wildman–Crippen LogP) is 3.59. The lowest BCUT2D eigenvalue weighted by atomic mass is 9.81. The Morgan fingerprint density at radius 2 is 0.941 bits per heavy atom. The van der Waals surface area contributed by atoms with E-state index in [0.29, 0.717) is 0 Å². The number of ketones is 4. The lowest BCUT2D eigenvalue weighted by Crippen LogP contribution is -2.44. The van der Waals surface area contributed by atoms with Crippen LogP contribution in [-0.4, -0.2) is 47.3 Å². The molecule has 0 amide bonds. The normalized spacial score (nSPS) is 24.2. The summed E-state index contributed by atoms with van der Waals surface area (Å²) >= 11 is 23.6. The monoisotopic (exact) mass is 542 g/mol. The summed E-state index contributed by atoms with van der Waals surface area (Å²) in [6.07, 6.45) is -3.46. The van der Waals surface area contributed by atoms with Crippen LogP contribution < -0.4 is 0 Å². The van der Waals surface area contributed by atoms with Gasteiger partial charge in [0.15, 0.2) is 23.8 Å². The summed E-state index contributed by atoms with van der Waals surface area (Å²) in [7, 11) is 0. The van der Waals surface area contributed by atoms with Crippen LogP contribution in [0.25, 0.3) is 0 Å². The number of carbonyl (C=O) groups excluding carboxylic acids is 6. The summed E-state index contributed by atoms with van der Waals surface area (Å²) in [4.78, 5) is 75.5. The molecule has 0 aliphatic carbocycles. The van der Waals surface area contributed by atoms with Crippen LogP contribution in [0.15, 0.2) is 36.4 Å². The van der Waals surface area contributed by atoms with E-state index in [2.05, 4.69) is 0 Å². The molecule has 0 bridgehead atoms. The van der Waals surface area contributed by atoms with Gasteiger partial charge in [0.2, 0.25) is 0 Å². The van der Waals surface area contributed by atoms with Crippen LogP contribution in [0.1, 0.15) is 20.7 Å². The van der Waals surface area contributed by atoms with Crippen molar-refractivity contribution in [1.29, 1.82) is 0 Å². The number of benzene rings is 2. The predicted molar refractivity (Wildman–Crippen MR) is 118 cm³/mol. The molecule has 2 fully saturated rings. The van der Waals surface area contributed by atoms with Gasteiger partial charge in [0, 0.05) is 11.1 Å². The molecule has 34 heavy (non-hydrogen) atoms. The van der Waals surface area contributed by atoms with Crippen molar-refractivity contribution in [2.45, 2.75) is 12.2 Å². The van der Waals surface area contributed by atoms with E-state index in [4.69, 9.17) is 55.9 Å². The highest BCUT2D eigenvalue weighted by atomic mass is 35.5. The fourth-order valence-corrected chi connectivity index (χ4v) is 4.36. The van der Waals surface area contributed by atoms with Crippen LogP contribution in [0.5, 0.6) is 0 Å². The molecule has 2 aliphatic rings. The summed E-state index contributed by atoms with van der Waals surface area (Å²) in [6, 6.07) is 7.53. The second kappa shape index (κ2) is 9.11. The molecular weight excluding hydrogens is 534 g/mol. The highest BCUT2D eigenvalue weighted by molar-refractivity contribution is 6.45. The fraction of sp³-hybridized carbons (Fsp3) is 0.182. The maximum absolute atomic E-state index is 13.1. The first-order valence-electron chi connectivity index (χ1n) is 9.49. The summed E-state index contributed by atoms with van der Waals surface area (Å²) < 4.78 is 10.1. The fourth-order valence-electron chi connectivity index (χ4n) is 3.76. The van der Waals surface area contributed by atoms with Crippen molar-refractivity contribution in [3.8, 4) is 0 Å². The van der Waals surface area contributed by atoms with E-state index in [1.165, 1.54) is 36.4 Å². The third kappa shape index (κ3) is 4.11. The first-order valence-corrected chi connectivity index (χ1v) is 11.0. The largest absolute Gasteiger partial charge is 0.451 e. The Balaban J connectivity index is 1.73. The van der Waals surface area contributed by atoms with Crippen molar-refractivity contribution in [1.82, 2.24) is 0 Å². The molecule has 2 aromatic rings. The summed E-state index contributed by atoms with van der Waals surface area (Å²) in [5, 5.41) is 0.304. The molecule has 0 N–H and O–H groups in total. The van der Waals surface area contributed by atoms with Crippen LogP contribution in [0.4, 0.5) is 0 Å². The van der Waals surface area contributed by atoms with Crippen molar-refractivity contribution in [3.63, 3.8) is 0 Å². The standard InChI is InChI=1S/C22H10Cl4O8/c23-9-3-1-7(5-11(9)25)15(27)13-17(29)21(31)33-19(13)20-14(18(30)22(32)34-20)16(28)8-2-4-10(24)12(26)6-8/h1-6,13-14,19-20H/t13-,14+,19+,20-. The van der Waals surface area contributed by atoms with E-state index in [-0.39, 0.29) is 31.2 Å². The van der Waals surface area contributed by atoms with Crippen molar-refractivity contribution in [2.75, 3.05) is 0 Å². The van der Waals surface area contributed by atoms with Crippen LogP contribution >= 0.6 is 46.4 Å². The maximum Gasteiger partial charge on any atom is 0.376 e. The first kappa shape index (κ1) is 24.3. The Kier molecular flexibility index (Phi) is 6.52. The molecule has 2 heterocycles. The third-order valence-electron chi connectivity index (χ3n) is 5.41. The molecule has 0 radical (unpaired) electrons. The highest BCUT2D eigenvalue weighted by Gasteiger charge is 2.60. The van der Waals surface area contributed by atoms with Gasteiger partial charge in [-0.25, -0.2) is 9.59 Å². The summed E-state index contributed by atoms with van der Waals surface area (Å²) in [5.41, 5.74) is -0.168. The maximum atomic E-state index is 13.1. The van der Waals surface area contributed by atoms with Gasteiger partial charge in [0.1, 0.15) is 11.8 Å². The zero-order valence-electron chi connectivity index (χ0n) is 16.6. The smallest absolute Gasteiger partial charge is 0.376 e. The summed E-state index contributed by atoms with van der Waals surface area (Å²) in [5.74, 6) is -10.6. The number of hydrogen-bond donors (Lipinski definition) is 0. The van der Waals surface area contributed by atoms with Crippen molar-refractivity contribution in [2.24, 2.45) is 11.8 Å². The molecule has 2 saturated heterocycles. The van der Waals surface area contributed by atoms with E-state index in [1.807, 2.05) is 0 Å². The minimum Gasteiger partial charge on any atom is -0.451 e. The van der Waals surface area contributed by atoms with Gasteiger partial charge in [-0.2, -0.15) is 0 Å². The number of esters is 2. The van der Waals surface area contributed by atoms with Gasteiger partial charge in [0.25, 0.3) is 11.6 Å². The van der Waals surface area contributed by atoms with Gasteiger partial charge in [-0.05, 0) is 36.4 Å². The molecule has 2 aliphatic heterocycles. The molecule has 2 aromatic carbocycles. The van der Waals surface area contributed by atoms with Gasteiger partial charge >= 0.3 is 11.9 Å². The Bertz CT molecular complexity index is 1200. The topological polar surface area (TPSA) is 121 Å². The van der Waals surface area contributed by atoms with E-state index < -0.39 is 59.1 Å². The molecule has 0 spiro atoms. The number of rotatable bonds is 5. The zero-order valence-corrected chi connectivity index (χ0v) is 19.6. The molecule has 4 rings (SSSR count). The van der Waals surface area contributed by atoms with Gasteiger partial charge < -0.3 is 9.47 Å². The van der Waals surface area contributed by atoms with E-state index in [9.17, 15) is 28.8 Å². The minimum absolute atomic E-state index is 0.0110. The number of hydrogen-bond acceptors (Lipinski definition) is 8. The summed E-state index contributed by atoms with van der Waals surface area (Å²) in [6.45, 7) is 0. The third-order valence-corrected chi connectivity index (χ3v) is 6.89. The Morgan fingerprint density at radius 1 is 0.588 bits per heavy atom. The van der Waals surface area contributed by atoms with Crippen LogP contribution in [0.3, 0.4) is 0 Å². The van der Waals surface area contributed by atoms with E-state index in [1.54, 1.807) is 0 Å². The van der Waals surface area contributed by atoms with Crippen molar-refractivity contribution in [3.05, 3.63) is 67.6 Å². The van der Waals surface area contributed by atoms with Crippen LogP contribution in [0, 0.1) is 11.8 Å². The van der Waals surface area contributed by atoms with Gasteiger partial charge in [-0.1, -0.05) is 46.4 Å². The average Bonchev–Trinajstić information content (AvgIpc) is 3.26. The molecule has 12 heteroatoms. The Labute approximate surface area is 211 Å². The lowest BCUT2D eigenvalue weighted by Gasteiger charge is -2.24. The van der Waals surface area contributed by atoms with Crippen molar-refractivity contribution < 1.29 is 38.2 Å². The Morgan fingerprint density at radius 3 is 1.26 bits per heavy atom. The van der Waals surface area contributed by atoms with Crippen LogP contribution in [-0.2, 0) is 28.7 Å². The number of Topliss-reactive ketones (excluding diaryl/α,β-unsaturated/α-hetero) is 4. The highest BCUT2D eigenvalue weighted by Crippen LogP contribution is 2.36. The number of carbonyl (C=O) groups is 6. The molecule has 4 atom stereocenters. The second-order valence-corrected chi connectivity index (χ2v) is 9.04. The van der Waals surface area contributed by atoms with Gasteiger partial charge in [-0.15, -0.1) is 0 Å². The Hall–Kier alpha value is -2.78. The molecular formula is C22H10Cl4O8. The molecule has 174 valence electrons. The molecule has 0 saturated carbocycles. The van der Waals surface area contributed by atoms with Gasteiger partial charge in [-0.3, -0.25) is 19.2 Å². The molecule has 8 nitrogen and oxygen atoms in total. The second-order valence-electron chi connectivity index (χ2n) is 7.41. The number of halogens is 4. The quantitative estimate of drug-likeness (QED) is 0.243. The number of cyclic esters (lactones) is 2. The molecule has 0 unspecified atom stereocenters. The van der Waals surface area contributed by atoms with Crippen molar-refractivity contribution >= 4 is 81.5 Å². The first-order chi connectivity index (χ1) is 16.0. The molecule has 0 aromatic heterocycles.